The Labute approximate surface area is 121 Å². The summed E-state index contributed by atoms with van der Waals surface area (Å²) in [5.74, 6) is -0.315. The van der Waals surface area contributed by atoms with Gasteiger partial charge in [0, 0.05) is 17.4 Å². The van der Waals surface area contributed by atoms with E-state index in [1.165, 1.54) is 0 Å². The highest BCUT2D eigenvalue weighted by atomic mass is 35.5. The first kappa shape index (κ1) is 14.3. The average molecular weight is 292 g/mol. The van der Waals surface area contributed by atoms with Crippen molar-refractivity contribution in [2.24, 2.45) is 0 Å². The number of halogens is 1. The van der Waals surface area contributed by atoms with Crippen molar-refractivity contribution in [2.45, 2.75) is 12.5 Å². The molecular weight excluding hydrogens is 278 g/mol. The van der Waals surface area contributed by atoms with Crippen molar-refractivity contribution in [3.05, 3.63) is 59.4 Å². The number of aliphatic hydroxyl groups is 1. The first-order valence-electron chi connectivity index (χ1n) is 6.03. The monoisotopic (exact) mass is 291 g/mol. The lowest BCUT2D eigenvalue weighted by atomic mass is 10.1. The summed E-state index contributed by atoms with van der Waals surface area (Å²) >= 11 is 5.76. The van der Waals surface area contributed by atoms with E-state index in [9.17, 15) is 9.90 Å². The second kappa shape index (κ2) is 6.88. The molecule has 1 atom stereocenters. The fraction of sp³-hybridized carbons (Fsp3) is 0.143. The van der Waals surface area contributed by atoms with Crippen molar-refractivity contribution in [1.82, 2.24) is 10.4 Å². The standard InChI is InChI=1S/C14H14ClN3O2/c15-11-3-1-10(2-4-11)13(19)9-14(20)18-17-12-5-7-16-8-6-12/h1-8,13,19H,9H2,(H,16,17)(H,18,20). The quantitative estimate of drug-likeness (QED) is 0.739. The van der Waals surface area contributed by atoms with E-state index in [2.05, 4.69) is 15.8 Å². The van der Waals surface area contributed by atoms with Crippen LogP contribution in [-0.4, -0.2) is 16.0 Å². The van der Waals surface area contributed by atoms with Crippen LogP contribution in [-0.2, 0) is 4.79 Å². The molecule has 0 aliphatic carbocycles. The van der Waals surface area contributed by atoms with Gasteiger partial charge in [-0.15, -0.1) is 0 Å². The SMILES string of the molecule is O=C(CC(O)c1ccc(Cl)cc1)NNc1ccncc1. The molecule has 20 heavy (non-hydrogen) atoms. The Morgan fingerprint density at radius 2 is 1.85 bits per heavy atom. The summed E-state index contributed by atoms with van der Waals surface area (Å²) in [5, 5.41) is 10.5. The van der Waals surface area contributed by atoms with E-state index in [0.717, 1.165) is 0 Å². The molecule has 1 aromatic heterocycles. The van der Waals surface area contributed by atoms with Crippen molar-refractivity contribution in [3.63, 3.8) is 0 Å². The van der Waals surface area contributed by atoms with Gasteiger partial charge in [-0.2, -0.15) is 0 Å². The largest absolute Gasteiger partial charge is 0.388 e. The van der Waals surface area contributed by atoms with Crippen LogP contribution in [0.25, 0.3) is 0 Å². The third kappa shape index (κ3) is 4.22. The lowest BCUT2D eigenvalue weighted by molar-refractivity contribution is -0.122. The Balaban J connectivity index is 1.83. The van der Waals surface area contributed by atoms with E-state index >= 15 is 0 Å². The molecule has 1 unspecified atom stereocenters. The summed E-state index contributed by atoms with van der Waals surface area (Å²) in [5.41, 5.74) is 6.61. The molecule has 2 rings (SSSR count). The molecule has 0 saturated heterocycles. The fourth-order valence-corrected chi connectivity index (χ4v) is 1.73. The predicted molar refractivity (Wildman–Crippen MR) is 77.0 cm³/mol. The van der Waals surface area contributed by atoms with Gasteiger partial charge < -0.3 is 5.11 Å². The van der Waals surface area contributed by atoms with Gasteiger partial charge in [0.15, 0.2) is 0 Å². The molecule has 2 aromatic rings. The Morgan fingerprint density at radius 3 is 2.50 bits per heavy atom. The lowest BCUT2D eigenvalue weighted by Gasteiger charge is -2.12. The van der Waals surface area contributed by atoms with Crippen molar-refractivity contribution in [2.75, 3.05) is 5.43 Å². The molecule has 3 N–H and O–H groups in total. The lowest BCUT2D eigenvalue weighted by Crippen LogP contribution is -2.30. The molecule has 0 bridgehead atoms. The summed E-state index contributed by atoms with van der Waals surface area (Å²) in [4.78, 5) is 15.6. The molecule has 5 nitrogen and oxygen atoms in total. The number of hydrazine groups is 1. The van der Waals surface area contributed by atoms with Gasteiger partial charge in [-0.1, -0.05) is 23.7 Å². The topological polar surface area (TPSA) is 74.2 Å². The second-order valence-electron chi connectivity index (χ2n) is 4.18. The second-order valence-corrected chi connectivity index (χ2v) is 4.62. The normalized spacial score (nSPS) is 11.7. The molecule has 0 aliphatic heterocycles. The van der Waals surface area contributed by atoms with Gasteiger partial charge in [0.25, 0.3) is 0 Å². The van der Waals surface area contributed by atoms with Gasteiger partial charge in [-0.05, 0) is 29.8 Å². The highest BCUT2D eigenvalue weighted by Crippen LogP contribution is 2.18. The molecule has 0 aliphatic rings. The Hall–Kier alpha value is -2.11. The molecule has 0 fully saturated rings. The first-order valence-corrected chi connectivity index (χ1v) is 6.41. The van der Waals surface area contributed by atoms with Crippen LogP contribution in [0.4, 0.5) is 5.69 Å². The van der Waals surface area contributed by atoms with E-state index in [1.807, 2.05) is 0 Å². The smallest absolute Gasteiger partial charge is 0.241 e. The Kier molecular flexibility index (Phi) is 4.92. The predicted octanol–water partition coefficient (Wildman–Crippen LogP) is 2.30. The number of anilines is 1. The highest BCUT2D eigenvalue weighted by Gasteiger charge is 2.12. The van der Waals surface area contributed by atoms with Crippen LogP contribution in [0.1, 0.15) is 18.1 Å². The number of hydrogen-bond acceptors (Lipinski definition) is 4. The molecule has 1 amide bonds. The molecule has 104 valence electrons. The Morgan fingerprint density at radius 1 is 1.20 bits per heavy atom. The van der Waals surface area contributed by atoms with Gasteiger partial charge in [0.1, 0.15) is 0 Å². The van der Waals surface area contributed by atoms with Crippen molar-refractivity contribution in [3.8, 4) is 0 Å². The maximum absolute atomic E-state index is 11.7. The van der Waals surface area contributed by atoms with Gasteiger partial charge in [-0.3, -0.25) is 20.6 Å². The summed E-state index contributed by atoms with van der Waals surface area (Å²) in [6, 6.07) is 10.2. The summed E-state index contributed by atoms with van der Waals surface area (Å²) in [6.45, 7) is 0. The van der Waals surface area contributed by atoms with Crippen LogP contribution in [0.2, 0.25) is 5.02 Å². The van der Waals surface area contributed by atoms with E-state index in [0.29, 0.717) is 16.3 Å². The van der Waals surface area contributed by atoms with E-state index in [-0.39, 0.29) is 12.3 Å². The average Bonchev–Trinajstić information content (AvgIpc) is 2.47. The van der Waals surface area contributed by atoms with E-state index in [4.69, 9.17) is 11.6 Å². The number of nitrogens with zero attached hydrogens (tertiary/aromatic N) is 1. The van der Waals surface area contributed by atoms with Crippen LogP contribution in [0.5, 0.6) is 0 Å². The Bertz CT molecular complexity index is 560. The third-order valence-electron chi connectivity index (χ3n) is 2.66. The number of hydrogen-bond donors (Lipinski definition) is 3. The zero-order valence-corrected chi connectivity index (χ0v) is 11.3. The number of carbonyl (C=O) groups is 1. The molecule has 1 heterocycles. The zero-order valence-electron chi connectivity index (χ0n) is 10.6. The number of carbonyl (C=O) groups excluding carboxylic acids is 1. The maximum Gasteiger partial charge on any atom is 0.241 e. The van der Waals surface area contributed by atoms with Crippen LogP contribution in [0.15, 0.2) is 48.8 Å². The number of aliphatic hydroxyl groups excluding tert-OH is 1. The molecule has 6 heteroatoms. The summed E-state index contributed by atoms with van der Waals surface area (Å²) in [6.07, 6.45) is 2.31. The molecule has 0 saturated carbocycles. The van der Waals surface area contributed by atoms with E-state index in [1.54, 1.807) is 48.8 Å². The van der Waals surface area contributed by atoms with E-state index < -0.39 is 6.10 Å². The zero-order chi connectivity index (χ0) is 14.4. The van der Waals surface area contributed by atoms with Gasteiger partial charge in [0.05, 0.1) is 18.2 Å². The van der Waals surface area contributed by atoms with Gasteiger partial charge in [0.2, 0.25) is 5.91 Å². The number of aromatic nitrogens is 1. The minimum absolute atomic E-state index is 0.0419. The van der Waals surface area contributed by atoms with Crippen LogP contribution >= 0.6 is 11.6 Å². The van der Waals surface area contributed by atoms with Crippen LogP contribution in [0, 0.1) is 0 Å². The number of amides is 1. The fourth-order valence-electron chi connectivity index (χ4n) is 1.61. The highest BCUT2D eigenvalue weighted by molar-refractivity contribution is 6.30. The third-order valence-corrected chi connectivity index (χ3v) is 2.91. The molecular formula is C14H14ClN3O2. The van der Waals surface area contributed by atoms with Crippen molar-refractivity contribution < 1.29 is 9.90 Å². The first-order chi connectivity index (χ1) is 9.65. The molecule has 0 spiro atoms. The number of rotatable bonds is 5. The van der Waals surface area contributed by atoms with Gasteiger partial charge in [-0.25, -0.2) is 0 Å². The minimum Gasteiger partial charge on any atom is -0.388 e. The number of nitrogens with one attached hydrogen (secondary N) is 2. The maximum atomic E-state index is 11.7. The minimum atomic E-state index is -0.869. The van der Waals surface area contributed by atoms with Crippen LogP contribution in [0.3, 0.4) is 0 Å². The number of benzene rings is 1. The van der Waals surface area contributed by atoms with Crippen LogP contribution < -0.4 is 10.9 Å². The van der Waals surface area contributed by atoms with Gasteiger partial charge >= 0.3 is 0 Å². The molecule has 0 radical (unpaired) electrons. The molecule has 1 aromatic carbocycles. The number of pyridine rings is 1. The summed E-state index contributed by atoms with van der Waals surface area (Å²) < 4.78 is 0. The summed E-state index contributed by atoms with van der Waals surface area (Å²) in [7, 11) is 0. The van der Waals surface area contributed by atoms with Crippen molar-refractivity contribution >= 4 is 23.2 Å². The van der Waals surface area contributed by atoms with Crippen molar-refractivity contribution in [1.29, 1.82) is 0 Å².